The van der Waals surface area contributed by atoms with Gasteiger partial charge in [-0.15, -0.1) is 0 Å². The van der Waals surface area contributed by atoms with Gasteiger partial charge < -0.3 is 15.3 Å². The van der Waals surface area contributed by atoms with Crippen LogP contribution in [0.5, 0.6) is 0 Å². The van der Waals surface area contributed by atoms with Crippen LogP contribution in [0.3, 0.4) is 0 Å². The predicted molar refractivity (Wildman–Crippen MR) is 76.5 cm³/mol. The second-order valence-corrected chi connectivity index (χ2v) is 5.59. The van der Waals surface area contributed by atoms with Crippen molar-refractivity contribution >= 4 is 17.5 Å². The smallest absolute Gasteiger partial charge is 0.254 e. The average molecular weight is 276 g/mol. The van der Waals surface area contributed by atoms with Crippen molar-refractivity contribution in [3.8, 4) is 0 Å². The van der Waals surface area contributed by atoms with E-state index in [9.17, 15) is 14.7 Å². The van der Waals surface area contributed by atoms with Crippen LogP contribution in [-0.4, -0.2) is 40.5 Å². The third-order valence-corrected chi connectivity index (χ3v) is 3.39. The summed E-state index contributed by atoms with van der Waals surface area (Å²) in [5.74, 6) is -0.285. The highest BCUT2D eigenvalue weighted by atomic mass is 16.3. The fourth-order valence-electron chi connectivity index (χ4n) is 2.51. The van der Waals surface area contributed by atoms with E-state index in [0.717, 1.165) is 6.42 Å². The summed E-state index contributed by atoms with van der Waals surface area (Å²) in [4.78, 5) is 25.1. The number of anilines is 1. The number of nitrogens with zero attached hydrogens (tertiary/aromatic N) is 1. The molecule has 0 radical (unpaired) electrons. The van der Waals surface area contributed by atoms with Crippen molar-refractivity contribution < 1.29 is 14.7 Å². The van der Waals surface area contributed by atoms with Gasteiger partial charge in [0.1, 0.15) is 0 Å². The van der Waals surface area contributed by atoms with Crippen LogP contribution in [0, 0.1) is 0 Å². The number of nitrogens with one attached hydrogen (secondary N) is 1. The van der Waals surface area contributed by atoms with Gasteiger partial charge in [-0.3, -0.25) is 9.59 Å². The number of β-amino-alcohol motifs (C(OH)–C–C–N with tert-alkyl or cyclic N) is 1. The summed E-state index contributed by atoms with van der Waals surface area (Å²) in [6.45, 7) is 4.17. The van der Waals surface area contributed by atoms with E-state index in [1.165, 1.54) is 6.92 Å². The third kappa shape index (κ3) is 3.57. The van der Waals surface area contributed by atoms with Gasteiger partial charge in [0, 0.05) is 31.3 Å². The molecular formula is C15H20N2O3. The van der Waals surface area contributed by atoms with Gasteiger partial charge in [-0.05, 0) is 38.0 Å². The molecule has 2 amide bonds. The van der Waals surface area contributed by atoms with E-state index in [4.69, 9.17) is 0 Å². The number of likely N-dealkylation sites (tertiary alicyclic amines) is 1. The molecule has 1 aromatic rings. The third-order valence-electron chi connectivity index (χ3n) is 3.39. The number of carbonyl (C=O) groups excluding carboxylic acids is 2. The molecule has 1 aliphatic rings. The maximum Gasteiger partial charge on any atom is 0.254 e. The number of carbonyl (C=O) groups is 2. The number of benzene rings is 1. The molecule has 1 aromatic carbocycles. The second kappa shape index (κ2) is 5.63. The summed E-state index contributed by atoms with van der Waals surface area (Å²) in [6, 6.07) is 6.86. The standard InChI is InChI=1S/C15H20N2O3/c1-11(18)16-13-6-3-5-12(9-13)14(19)17-8-4-7-15(2,20)10-17/h3,5-6,9,20H,4,7-8,10H2,1-2H3,(H,16,18). The van der Waals surface area contributed by atoms with E-state index in [0.29, 0.717) is 30.8 Å². The molecule has 1 saturated heterocycles. The molecule has 108 valence electrons. The highest BCUT2D eigenvalue weighted by molar-refractivity contribution is 5.96. The Morgan fingerprint density at radius 1 is 1.40 bits per heavy atom. The van der Waals surface area contributed by atoms with Crippen molar-refractivity contribution in [2.75, 3.05) is 18.4 Å². The summed E-state index contributed by atoms with van der Waals surface area (Å²) in [6.07, 6.45) is 1.51. The van der Waals surface area contributed by atoms with Crippen LogP contribution in [-0.2, 0) is 4.79 Å². The zero-order chi connectivity index (χ0) is 14.8. The highest BCUT2D eigenvalue weighted by Gasteiger charge is 2.31. The first kappa shape index (κ1) is 14.5. The van der Waals surface area contributed by atoms with Crippen LogP contribution < -0.4 is 5.32 Å². The largest absolute Gasteiger partial charge is 0.388 e. The Bertz CT molecular complexity index is 526. The minimum absolute atomic E-state index is 0.114. The number of hydrogen-bond acceptors (Lipinski definition) is 3. The van der Waals surface area contributed by atoms with Crippen molar-refractivity contribution in [2.24, 2.45) is 0 Å². The molecule has 20 heavy (non-hydrogen) atoms. The number of aliphatic hydroxyl groups is 1. The molecule has 1 heterocycles. The van der Waals surface area contributed by atoms with E-state index in [-0.39, 0.29) is 11.8 Å². The monoisotopic (exact) mass is 276 g/mol. The molecule has 0 spiro atoms. The normalized spacial score (nSPS) is 22.4. The quantitative estimate of drug-likeness (QED) is 0.862. The van der Waals surface area contributed by atoms with Crippen molar-refractivity contribution in [2.45, 2.75) is 32.3 Å². The SMILES string of the molecule is CC(=O)Nc1cccc(C(=O)N2CCCC(C)(O)C2)c1. The molecule has 2 N–H and O–H groups in total. The summed E-state index contributed by atoms with van der Waals surface area (Å²) in [5.41, 5.74) is 0.310. The number of hydrogen-bond donors (Lipinski definition) is 2. The van der Waals surface area contributed by atoms with Gasteiger partial charge in [-0.25, -0.2) is 0 Å². The Balaban J connectivity index is 2.14. The van der Waals surface area contributed by atoms with E-state index in [2.05, 4.69) is 5.32 Å². The Hall–Kier alpha value is -1.88. The zero-order valence-electron chi connectivity index (χ0n) is 11.8. The molecule has 0 aliphatic carbocycles. The van der Waals surface area contributed by atoms with Crippen LogP contribution in [0.15, 0.2) is 24.3 Å². The van der Waals surface area contributed by atoms with Crippen LogP contribution in [0.25, 0.3) is 0 Å². The van der Waals surface area contributed by atoms with E-state index in [1.807, 2.05) is 0 Å². The van der Waals surface area contributed by atoms with Gasteiger partial charge >= 0.3 is 0 Å². The zero-order valence-corrected chi connectivity index (χ0v) is 11.8. The Kier molecular flexibility index (Phi) is 4.09. The lowest BCUT2D eigenvalue weighted by Crippen LogP contribution is -2.48. The van der Waals surface area contributed by atoms with Crippen molar-refractivity contribution in [1.82, 2.24) is 4.90 Å². The first-order valence-electron chi connectivity index (χ1n) is 6.77. The fraction of sp³-hybridized carbons (Fsp3) is 0.467. The van der Waals surface area contributed by atoms with Gasteiger partial charge in [-0.2, -0.15) is 0 Å². The molecule has 0 bridgehead atoms. The van der Waals surface area contributed by atoms with Crippen molar-refractivity contribution in [1.29, 1.82) is 0 Å². The first-order valence-corrected chi connectivity index (χ1v) is 6.77. The maximum atomic E-state index is 12.4. The molecule has 1 aliphatic heterocycles. The molecule has 2 rings (SSSR count). The van der Waals surface area contributed by atoms with Crippen molar-refractivity contribution in [3.63, 3.8) is 0 Å². The maximum absolute atomic E-state index is 12.4. The Labute approximate surface area is 118 Å². The van der Waals surface area contributed by atoms with Gasteiger partial charge in [0.15, 0.2) is 0 Å². The van der Waals surface area contributed by atoms with E-state index < -0.39 is 5.60 Å². The fourth-order valence-corrected chi connectivity index (χ4v) is 2.51. The van der Waals surface area contributed by atoms with E-state index in [1.54, 1.807) is 36.1 Å². The van der Waals surface area contributed by atoms with E-state index >= 15 is 0 Å². The summed E-state index contributed by atoms with van der Waals surface area (Å²) < 4.78 is 0. The van der Waals surface area contributed by atoms with Gasteiger partial charge in [0.25, 0.3) is 5.91 Å². The van der Waals surface area contributed by atoms with Crippen LogP contribution in [0.4, 0.5) is 5.69 Å². The van der Waals surface area contributed by atoms with Gasteiger partial charge in [0.05, 0.1) is 5.60 Å². The molecule has 0 saturated carbocycles. The molecule has 1 fully saturated rings. The molecule has 1 unspecified atom stereocenters. The van der Waals surface area contributed by atoms with Crippen LogP contribution >= 0.6 is 0 Å². The molecule has 0 aromatic heterocycles. The first-order chi connectivity index (χ1) is 9.37. The topological polar surface area (TPSA) is 69.6 Å². The molecule has 5 heteroatoms. The van der Waals surface area contributed by atoms with Gasteiger partial charge in [-0.1, -0.05) is 6.07 Å². The minimum Gasteiger partial charge on any atom is -0.388 e. The lowest BCUT2D eigenvalue weighted by Gasteiger charge is -2.36. The predicted octanol–water partition coefficient (Wildman–Crippen LogP) is 1.63. The number of amides is 2. The van der Waals surface area contributed by atoms with Crippen molar-refractivity contribution in [3.05, 3.63) is 29.8 Å². The van der Waals surface area contributed by atoms with Gasteiger partial charge in [0.2, 0.25) is 5.91 Å². The van der Waals surface area contributed by atoms with Crippen LogP contribution in [0.1, 0.15) is 37.0 Å². The lowest BCUT2D eigenvalue weighted by molar-refractivity contribution is -0.114. The average Bonchev–Trinajstić information content (AvgIpc) is 2.36. The highest BCUT2D eigenvalue weighted by Crippen LogP contribution is 2.22. The number of piperidine rings is 1. The summed E-state index contributed by atoms with van der Waals surface area (Å²) >= 11 is 0. The molecule has 5 nitrogen and oxygen atoms in total. The second-order valence-electron chi connectivity index (χ2n) is 5.59. The molecular weight excluding hydrogens is 256 g/mol. The van der Waals surface area contributed by atoms with Crippen LogP contribution in [0.2, 0.25) is 0 Å². The summed E-state index contributed by atoms with van der Waals surface area (Å²) in [5, 5.41) is 12.7. The summed E-state index contributed by atoms with van der Waals surface area (Å²) in [7, 11) is 0. The Morgan fingerprint density at radius 3 is 2.80 bits per heavy atom. The number of rotatable bonds is 2. The lowest BCUT2D eigenvalue weighted by atomic mass is 9.94. The molecule has 1 atom stereocenters. The Morgan fingerprint density at radius 2 is 2.15 bits per heavy atom. The minimum atomic E-state index is -0.816.